The van der Waals surface area contributed by atoms with Crippen molar-refractivity contribution >= 4 is 17.6 Å². The van der Waals surface area contributed by atoms with Gasteiger partial charge < -0.3 is 20.0 Å². The smallest absolute Gasteiger partial charge is 0.322 e. The van der Waals surface area contributed by atoms with Gasteiger partial charge in [-0.15, -0.1) is 0 Å². The molecule has 1 aromatic carbocycles. The minimum absolute atomic E-state index is 0.148. The van der Waals surface area contributed by atoms with E-state index < -0.39 is 0 Å². The quantitative estimate of drug-likeness (QED) is 0.870. The van der Waals surface area contributed by atoms with Gasteiger partial charge in [0.25, 0.3) is 5.91 Å². The van der Waals surface area contributed by atoms with Crippen molar-refractivity contribution in [2.24, 2.45) is 0 Å². The Morgan fingerprint density at radius 1 is 1.24 bits per heavy atom. The first-order chi connectivity index (χ1) is 12.0. The molecule has 132 valence electrons. The first kappa shape index (κ1) is 17.1. The van der Waals surface area contributed by atoms with Crippen LogP contribution in [-0.2, 0) is 0 Å². The minimum atomic E-state index is -0.177. The van der Waals surface area contributed by atoms with Gasteiger partial charge in [-0.25, -0.2) is 4.79 Å². The number of furan rings is 1. The molecule has 1 atom stereocenters. The Hall–Kier alpha value is -2.76. The lowest BCUT2D eigenvalue weighted by Gasteiger charge is -2.28. The third-order valence-corrected chi connectivity index (χ3v) is 4.59. The number of rotatable bonds is 5. The van der Waals surface area contributed by atoms with Gasteiger partial charge in [-0.2, -0.15) is 0 Å². The second-order valence-corrected chi connectivity index (χ2v) is 6.32. The van der Waals surface area contributed by atoms with Crippen LogP contribution in [-0.4, -0.2) is 29.9 Å². The predicted octanol–water partition coefficient (Wildman–Crippen LogP) is 3.71. The molecule has 0 spiro atoms. The van der Waals surface area contributed by atoms with Gasteiger partial charge in [0.05, 0.1) is 12.3 Å². The lowest BCUT2D eigenvalue weighted by molar-refractivity contribution is 0.0962. The number of nitrogens with zero attached hydrogens (tertiary/aromatic N) is 1. The molecule has 2 aromatic rings. The molecule has 1 aromatic heterocycles. The van der Waals surface area contributed by atoms with Crippen LogP contribution in [0.25, 0.3) is 0 Å². The van der Waals surface area contributed by atoms with Gasteiger partial charge >= 0.3 is 6.03 Å². The molecule has 0 radical (unpaired) electrons. The van der Waals surface area contributed by atoms with Crippen LogP contribution in [0, 0.1) is 6.92 Å². The molecular weight excluding hydrogens is 318 g/mol. The zero-order valence-corrected chi connectivity index (χ0v) is 14.7. The number of nitrogens with one attached hydrogen (secondary N) is 2. The van der Waals surface area contributed by atoms with Crippen LogP contribution in [0.5, 0.6) is 0 Å². The van der Waals surface area contributed by atoms with Crippen LogP contribution in [0.3, 0.4) is 0 Å². The summed E-state index contributed by atoms with van der Waals surface area (Å²) in [6.45, 7) is 3.79. The number of carbonyl (C=O) groups excluding carboxylic acids is 2. The normalized spacial score (nSPS) is 14.7. The summed E-state index contributed by atoms with van der Waals surface area (Å²) in [5.41, 5.74) is 1.94. The summed E-state index contributed by atoms with van der Waals surface area (Å²) in [7, 11) is 1.59. The van der Waals surface area contributed by atoms with E-state index in [1.807, 2.05) is 36.9 Å². The van der Waals surface area contributed by atoms with Crippen molar-refractivity contribution in [1.82, 2.24) is 10.2 Å². The standard InChI is InChI=1S/C19H23N3O3/c1-12-15(18(23)20-3)6-4-7-16(12)21-19(24)22(14-9-10-14)13(2)17-8-5-11-25-17/h4-8,11,13-14H,9-10H2,1-3H3,(H,20,23)(H,21,24)/t13-/m0/s1. The molecule has 6 heteroatoms. The lowest BCUT2D eigenvalue weighted by atomic mass is 10.1. The Bertz CT molecular complexity index is 766. The first-order valence-corrected chi connectivity index (χ1v) is 8.47. The van der Waals surface area contributed by atoms with E-state index >= 15 is 0 Å². The summed E-state index contributed by atoms with van der Waals surface area (Å²) in [6, 6.07) is 8.92. The molecule has 3 rings (SSSR count). The van der Waals surface area contributed by atoms with Crippen molar-refractivity contribution < 1.29 is 14.0 Å². The Labute approximate surface area is 147 Å². The summed E-state index contributed by atoms with van der Waals surface area (Å²) in [6.07, 6.45) is 3.61. The number of benzene rings is 1. The molecule has 2 N–H and O–H groups in total. The van der Waals surface area contributed by atoms with Crippen molar-refractivity contribution in [2.45, 2.75) is 38.8 Å². The molecule has 25 heavy (non-hydrogen) atoms. The highest BCUT2D eigenvalue weighted by Gasteiger charge is 2.37. The highest BCUT2D eigenvalue weighted by molar-refractivity contribution is 5.99. The molecule has 1 fully saturated rings. The zero-order valence-electron chi connectivity index (χ0n) is 14.7. The SMILES string of the molecule is CNC(=O)c1cccc(NC(=O)N(C2CC2)[C@@H](C)c2ccco2)c1C. The molecule has 1 aliphatic carbocycles. The molecule has 1 aliphatic rings. The molecular formula is C19H23N3O3. The van der Waals surface area contributed by atoms with E-state index in [2.05, 4.69) is 10.6 Å². The summed E-state index contributed by atoms with van der Waals surface area (Å²) >= 11 is 0. The maximum Gasteiger partial charge on any atom is 0.322 e. The Morgan fingerprint density at radius 3 is 2.60 bits per heavy atom. The van der Waals surface area contributed by atoms with Crippen LogP contribution >= 0.6 is 0 Å². The fourth-order valence-corrected chi connectivity index (χ4v) is 3.01. The molecule has 0 unspecified atom stereocenters. The minimum Gasteiger partial charge on any atom is -0.467 e. The van der Waals surface area contributed by atoms with Gasteiger partial charge in [0.15, 0.2) is 0 Å². The van der Waals surface area contributed by atoms with E-state index in [1.54, 1.807) is 25.4 Å². The third kappa shape index (κ3) is 3.52. The fourth-order valence-electron chi connectivity index (χ4n) is 3.01. The Balaban J connectivity index is 1.82. The van der Waals surface area contributed by atoms with Crippen LogP contribution in [0.1, 0.15) is 47.5 Å². The average molecular weight is 341 g/mol. The molecule has 0 bridgehead atoms. The highest BCUT2D eigenvalue weighted by atomic mass is 16.3. The van der Waals surface area contributed by atoms with Crippen molar-refractivity contribution in [1.29, 1.82) is 0 Å². The van der Waals surface area contributed by atoms with E-state index in [0.29, 0.717) is 11.3 Å². The van der Waals surface area contributed by atoms with Crippen LogP contribution in [0.4, 0.5) is 10.5 Å². The van der Waals surface area contributed by atoms with Crippen molar-refractivity contribution in [2.75, 3.05) is 12.4 Å². The molecule has 1 heterocycles. The van der Waals surface area contributed by atoms with Gasteiger partial charge in [-0.05, 0) is 56.5 Å². The largest absolute Gasteiger partial charge is 0.467 e. The molecule has 6 nitrogen and oxygen atoms in total. The topological polar surface area (TPSA) is 74.6 Å². The summed E-state index contributed by atoms with van der Waals surface area (Å²) in [5, 5.41) is 5.58. The van der Waals surface area contributed by atoms with E-state index in [-0.39, 0.29) is 24.0 Å². The summed E-state index contributed by atoms with van der Waals surface area (Å²) in [4.78, 5) is 26.7. The highest BCUT2D eigenvalue weighted by Crippen LogP contribution is 2.35. The molecule has 0 saturated heterocycles. The Kier molecular flexibility index (Phi) is 4.79. The van der Waals surface area contributed by atoms with Gasteiger partial charge in [-0.1, -0.05) is 6.07 Å². The number of amides is 3. The van der Waals surface area contributed by atoms with Crippen molar-refractivity contribution in [3.8, 4) is 0 Å². The second kappa shape index (κ2) is 7.01. The Morgan fingerprint density at radius 2 is 2.00 bits per heavy atom. The van der Waals surface area contributed by atoms with E-state index in [1.165, 1.54) is 0 Å². The summed E-state index contributed by atoms with van der Waals surface area (Å²) < 4.78 is 5.47. The van der Waals surface area contributed by atoms with E-state index in [0.717, 1.165) is 24.2 Å². The van der Waals surface area contributed by atoms with Crippen LogP contribution in [0.2, 0.25) is 0 Å². The average Bonchev–Trinajstić information content (AvgIpc) is 3.27. The monoisotopic (exact) mass is 341 g/mol. The van der Waals surface area contributed by atoms with Crippen LogP contribution in [0.15, 0.2) is 41.0 Å². The van der Waals surface area contributed by atoms with Gasteiger partial charge in [0.2, 0.25) is 0 Å². The van der Waals surface area contributed by atoms with E-state index in [9.17, 15) is 9.59 Å². The third-order valence-electron chi connectivity index (χ3n) is 4.59. The van der Waals surface area contributed by atoms with Gasteiger partial charge in [0, 0.05) is 24.3 Å². The maximum absolute atomic E-state index is 12.9. The lowest BCUT2D eigenvalue weighted by Crippen LogP contribution is -2.38. The number of carbonyl (C=O) groups is 2. The first-order valence-electron chi connectivity index (χ1n) is 8.47. The van der Waals surface area contributed by atoms with Crippen molar-refractivity contribution in [3.63, 3.8) is 0 Å². The number of hydrogen-bond donors (Lipinski definition) is 2. The number of anilines is 1. The predicted molar refractivity (Wildman–Crippen MR) is 95.6 cm³/mol. The van der Waals surface area contributed by atoms with Crippen LogP contribution < -0.4 is 10.6 Å². The summed E-state index contributed by atoms with van der Waals surface area (Å²) in [5.74, 6) is 0.592. The van der Waals surface area contributed by atoms with Crippen molar-refractivity contribution in [3.05, 3.63) is 53.5 Å². The van der Waals surface area contributed by atoms with Gasteiger partial charge in [0.1, 0.15) is 5.76 Å². The number of urea groups is 1. The maximum atomic E-state index is 12.9. The molecule has 1 saturated carbocycles. The fraction of sp³-hybridized carbons (Fsp3) is 0.368. The molecule has 0 aliphatic heterocycles. The second-order valence-electron chi connectivity index (χ2n) is 6.32. The number of hydrogen-bond acceptors (Lipinski definition) is 3. The zero-order chi connectivity index (χ0) is 18.0. The molecule has 3 amide bonds. The van der Waals surface area contributed by atoms with Gasteiger partial charge in [-0.3, -0.25) is 4.79 Å². The van der Waals surface area contributed by atoms with E-state index in [4.69, 9.17) is 4.42 Å².